The third kappa shape index (κ3) is 5.14. The van der Waals surface area contributed by atoms with Gasteiger partial charge in [0.15, 0.2) is 0 Å². The van der Waals surface area contributed by atoms with Crippen molar-refractivity contribution in [2.75, 3.05) is 18.1 Å². The molecule has 194 valence electrons. The lowest BCUT2D eigenvalue weighted by Gasteiger charge is -2.25. The monoisotopic (exact) mass is 519 g/mol. The molecule has 2 amide bonds. The largest absolute Gasteiger partial charge is 0.377 e. The number of hydrogen-bond donors (Lipinski definition) is 2. The topological polar surface area (TPSA) is 102 Å². The summed E-state index contributed by atoms with van der Waals surface area (Å²) in [7, 11) is -3.74. The van der Waals surface area contributed by atoms with Crippen molar-refractivity contribution in [1.29, 1.82) is 0 Å². The number of primary sulfonamides is 1. The first kappa shape index (κ1) is 25.4. The number of nitrogens with two attached hydrogens (primary N) is 1. The van der Waals surface area contributed by atoms with Crippen molar-refractivity contribution < 1.29 is 17.9 Å². The van der Waals surface area contributed by atoms with Gasteiger partial charge in [0.1, 0.15) is 0 Å². The maximum atomic E-state index is 13.4. The van der Waals surface area contributed by atoms with Gasteiger partial charge in [0.05, 0.1) is 11.5 Å². The Morgan fingerprint density at radius 3 is 2.49 bits per heavy atom. The molecule has 0 saturated heterocycles. The van der Waals surface area contributed by atoms with Gasteiger partial charge in [-0.05, 0) is 71.8 Å². The number of nitrogens with one attached hydrogen (secondary N) is 1. The summed E-state index contributed by atoms with van der Waals surface area (Å²) in [6, 6.07) is 20.9. The van der Waals surface area contributed by atoms with Gasteiger partial charge in [0, 0.05) is 30.8 Å². The van der Waals surface area contributed by atoms with Gasteiger partial charge in [-0.2, -0.15) is 0 Å². The predicted octanol–water partition coefficient (Wildman–Crippen LogP) is 5.08. The Bertz CT molecular complexity index is 1400. The molecule has 1 spiro atoms. The van der Waals surface area contributed by atoms with Gasteiger partial charge in [0.2, 0.25) is 10.0 Å². The molecule has 0 bridgehead atoms. The van der Waals surface area contributed by atoms with Gasteiger partial charge in [-0.25, -0.2) is 18.4 Å². The van der Waals surface area contributed by atoms with Crippen LogP contribution >= 0.6 is 0 Å². The lowest BCUT2D eigenvalue weighted by atomic mass is 9.79. The number of fused-ring (bicyclic) bond motifs is 2. The van der Waals surface area contributed by atoms with E-state index in [0.717, 1.165) is 53.6 Å². The number of carbonyl (C=O) groups excluding carboxylic acids is 1. The van der Waals surface area contributed by atoms with Gasteiger partial charge in [-0.3, -0.25) is 4.90 Å². The molecular formula is C29H33N3O4S. The second-order valence-electron chi connectivity index (χ2n) is 9.95. The number of carbonyl (C=O) groups is 1. The average molecular weight is 520 g/mol. The summed E-state index contributed by atoms with van der Waals surface area (Å²) in [6.07, 6.45) is 4.47. The van der Waals surface area contributed by atoms with Crippen molar-refractivity contribution in [3.8, 4) is 11.1 Å². The van der Waals surface area contributed by atoms with E-state index in [-0.39, 0.29) is 16.3 Å². The second-order valence-corrected chi connectivity index (χ2v) is 11.5. The number of anilines is 1. The molecule has 3 N–H and O–H groups in total. The molecule has 1 fully saturated rings. The Balaban J connectivity index is 1.40. The number of ether oxygens (including phenoxy) is 1. The van der Waals surface area contributed by atoms with Gasteiger partial charge in [-0.1, -0.05) is 55.3 Å². The van der Waals surface area contributed by atoms with E-state index >= 15 is 0 Å². The van der Waals surface area contributed by atoms with Crippen LogP contribution in [-0.2, 0) is 33.3 Å². The van der Waals surface area contributed by atoms with Crippen LogP contribution in [0.4, 0.5) is 10.5 Å². The van der Waals surface area contributed by atoms with Crippen LogP contribution in [0.25, 0.3) is 11.1 Å². The Hall–Kier alpha value is -3.20. The molecule has 3 aromatic carbocycles. The van der Waals surface area contributed by atoms with E-state index in [2.05, 4.69) is 41.7 Å². The summed E-state index contributed by atoms with van der Waals surface area (Å²) >= 11 is 0. The number of benzene rings is 3. The van der Waals surface area contributed by atoms with Crippen LogP contribution in [0.3, 0.4) is 0 Å². The van der Waals surface area contributed by atoms with E-state index in [9.17, 15) is 13.2 Å². The molecule has 37 heavy (non-hydrogen) atoms. The lowest BCUT2D eigenvalue weighted by Crippen LogP contribution is -2.41. The highest BCUT2D eigenvalue weighted by atomic mass is 32.2. The maximum absolute atomic E-state index is 13.4. The first-order valence-electron chi connectivity index (χ1n) is 12.8. The van der Waals surface area contributed by atoms with E-state index in [0.29, 0.717) is 26.3 Å². The predicted molar refractivity (Wildman–Crippen MR) is 145 cm³/mol. The smallest absolute Gasteiger partial charge is 0.322 e. The molecular weight excluding hydrogens is 486 g/mol. The summed E-state index contributed by atoms with van der Waals surface area (Å²) in [5, 5.41) is 8.20. The molecule has 2 aliphatic rings. The minimum atomic E-state index is -3.74. The third-order valence-corrected chi connectivity index (χ3v) is 8.54. The second kappa shape index (κ2) is 10.3. The third-order valence-electron chi connectivity index (χ3n) is 7.61. The normalized spacial score (nSPS) is 16.2. The first-order chi connectivity index (χ1) is 17.8. The fourth-order valence-electron chi connectivity index (χ4n) is 5.71. The van der Waals surface area contributed by atoms with Gasteiger partial charge in [-0.15, -0.1) is 0 Å². The zero-order valence-corrected chi connectivity index (χ0v) is 21.9. The Labute approximate surface area is 218 Å². The van der Waals surface area contributed by atoms with Gasteiger partial charge >= 0.3 is 6.03 Å². The summed E-state index contributed by atoms with van der Waals surface area (Å²) in [5.74, 6) is 0. The van der Waals surface area contributed by atoms with E-state index in [1.54, 1.807) is 12.1 Å². The highest BCUT2D eigenvalue weighted by Gasteiger charge is 2.46. The molecule has 0 radical (unpaired) electrons. The van der Waals surface area contributed by atoms with Crippen LogP contribution in [0.1, 0.15) is 49.3 Å². The number of urea groups is 1. The highest BCUT2D eigenvalue weighted by Crippen LogP contribution is 2.51. The van der Waals surface area contributed by atoms with Crippen molar-refractivity contribution in [3.05, 3.63) is 83.4 Å². The van der Waals surface area contributed by atoms with Crippen molar-refractivity contribution in [3.63, 3.8) is 0 Å². The summed E-state index contributed by atoms with van der Waals surface area (Å²) in [6.45, 7) is 4.21. The van der Waals surface area contributed by atoms with Crippen LogP contribution < -0.4 is 15.4 Å². The van der Waals surface area contributed by atoms with Gasteiger partial charge in [0.25, 0.3) is 0 Å². The number of sulfonamides is 1. The molecule has 1 saturated carbocycles. The molecule has 8 heteroatoms. The SMILES string of the molecule is CCOCc1ccccc1-c1ccc2c(c1)C1(CCCC1)CN2C(=O)NCc1ccc(S(N)(=O)=O)cc1. The zero-order chi connectivity index (χ0) is 26.0. The zero-order valence-electron chi connectivity index (χ0n) is 21.1. The van der Waals surface area contributed by atoms with Crippen molar-refractivity contribution in [2.45, 2.75) is 56.1 Å². The summed E-state index contributed by atoms with van der Waals surface area (Å²) < 4.78 is 28.7. The van der Waals surface area contributed by atoms with Crippen LogP contribution in [0.2, 0.25) is 0 Å². The minimum Gasteiger partial charge on any atom is -0.377 e. The maximum Gasteiger partial charge on any atom is 0.322 e. The molecule has 1 aliphatic carbocycles. The molecule has 0 atom stereocenters. The van der Waals surface area contributed by atoms with Crippen LogP contribution in [0.5, 0.6) is 0 Å². The summed E-state index contributed by atoms with van der Waals surface area (Å²) in [4.78, 5) is 15.3. The fourth-order valence-corrected chi connectivity index (χ4v) is 6.22. The van der Waals surface area contributed by atoms with Gasteiger partial charge < -0.3 is 10.1 Å². The average Bonchev–Trinajstić information content (AvgIpc) is 3.51. The Morgan fingerprint density at radius 1 is 1.05 bits per heavy atom. The van der Waals surface area contributed by atoms with E-state index in [4.69, 9.17) is 9.88 Å². The van der Waals surface area contributed by atoms with Crippen molar-refractivity contribution in [1.82, 2.24) is 5.32 Å². The Kier molecular flexibility index (Phi) is 7.07. The number of rotatable bonds is 7. The van der Waals surface area contributed by atoms with Crippen LogP contribution in [0.15, 0.2) is 71.6 Å². The number of nitrogens with zero attached hydrogens (tertiary/aromatic N) is 1. The van der Waals surface area contributed by atoms with Crippen LogP contribution in [-0.4, -0.2) is 27.6 Å². The van der Waals surface area contributed by atoms with Crippen molar-refractivity contribution in [2.24, 2.45) is 5.14 Å². The molecule has 1 heterocycles. The molecule has 0 unspecified atom stereocenters. The number of amides is 2. The lowest BCUT2D eigenvalue weighted by molar-refractivity contribution is 0.134. The minimum absolute atomic E-state index is 0.0192. The number of hydrogen-bond acceptors (Lipinski definition) is 4. The van der Waals surface area contributed by atoms with Crippen LogP contribution in [0, 0.1) is 0 Å². The molecule has 0 aromatic heterocycles. The Morgan fingerprint density at radius 2 is 1.78 bits per heavy atom. The molecule has 3 aromatic rings. The highest BCUT2D eigenvalue weighted by molar-refractivity contribution is 7.89. The van der Waals surface area contributed by atoms with E-state index in [1.165, 1.54) is 17.7 Å². The first-order valence-corrected chi connectivity index (χ1v) is 14.3. The summed E-state index contributed by atoms with van der Waals surface area (Å²) in [5.41, 5.74) is 6.48. The quantitative estimate of drug-likeness (QED) is 0.455. The molecule has 5 rings (SSSR count). The van der Waals surface area contributed by atoms with Crippen molar-refractivity contribution >= 4 is 21.7 Å². The molecule has 1 aliphatic heterocycles. The molecule has 7 nitrogen and oxygen atoms in total. The standard InChI is InChI=1S/C29H33N3O4S/c1-2-36-19-23-7-3-4-8-25(23)22-11-14-27-26(17-22)29(15-5-6-16-29)20-32(27)28(33)31-18-21-9-12-24(13-10-21)37(30,34)35/h3-4,7-14,17H,2,5-6,15-16,18-20H2,1H3,(H,31,33)(H2,30,34,35). The fraction of sp³-hybridized carbons (Fsp3) is 0.345. The van der Waals surface area contributed by atoms with E-state index in [1.807, 2.05) is 17.9 Å². The van der Waals surface area contributed by atoms with E-state index < -0.39 is 10.0 Å².